The molecule has 1 heterocycles. The number of sulfonamides is 1. The Morgan fingerprint density at radius 1 is 1.25 bits per heavy atom. The maximum absolute atomic E-state index is 13.8. The number of aromatic hydroxyl groups is 1. The number of rotatable bonds is 10. The molecule has 5 N–H and O–H groups in total. The minimum atomic E-state index is -4.20. The van der Waals surface area contributed by atoms with E-state index in [-0.39, 0.29) is 41.8 Å². The van der Waals surface area contributed by atoms with Crippen molar-refractivity contribution in [2.24, 2.45) is 5.92 Å². The standard InChI is InChI=1S/C25H35N3O7S/c1-17(2)15-28(36(32,33)21-9-10-23(29)22(26)13-21)18(3)25(31,14-19-7-5-4-6-8-19)27-24(30)35-20-11-12-34-16-20/h4-10,13,17-18,20,29,31H,11-12,14-16,26H2,1-3H3,(H,27,30). The zero-order valence-electron chi connectivity index (χ0n) is 20.8. The number of amides is 1. The first kappa shape index (κ1) is 27.7. The van der Waals surface area contributed by atoms with Gasteiger partial charge in [0.15, 0.2) is 5.72 Å². The minimum absolute atomic E-state index is 0.0502. The summed E-state index contributed by atoms with van der Waals surface area (Å²) in [5.74, 6) is -0.349. The molecule has 1 aliphatic rings. The van der Waals surface area contributed by atoms with Crippen molar-refractivity contribution in [2.75, 3.05) is 25.5 Å². The molecule has 3 rings (SSSR count). The van der Waals surface area contributed by atoms with Gasteiger partial charge in [0.2, 0.25) is 10.0 Å². The quantitative estimate of drug-likeness (QED) is 0.211. The molecule has 11 heteroatoms. The number of ether oxygens (including phenoxy) is 2. The van der Waals surface area contributed by atoms with Crippen molar-refractivity contribution in [1.82, 2.24) is 9.62 Å². The monoisotopic (exact) mass is 521 g/mol. The molecule has 198 valence electrons. The number of nitrogens with zero attached hydrogens (tertiary/aromatic N) is 1. The number of anilines is 1. The predicted molar refractivity (Wildman–Crippen MR) is 135 cm³/mol. The van der Waals surface area contributed by atoms with Gasteiger partial charge in [0, 0.05) is 19.4 Å². The number of nitrogens with one attached hydrogen (secondary N) is 1. The van der Waals surface area contributed by atoms with Crippen LogP contribution in [-0.2, 0) is 25.9 Å². The van der Waals surface area contributed by atoms with Gasteiger partial charge in [-0.1, -0.05) is 44.2 Å². The zero-order valence-corrected chi connectivity index (χ0v) is 21.6. The van der Waals surface area contributed by atoms with Gasteiger partial charge in [0.05, 0.1) is 29.8 Å². The van der Waals surface area contributed by atoms with Crippen molar-refractivity contribution < 1.29 is 32.9 Å². The van der Waals surface area contributed by atoms with Crippen molar-refractivity contribution in [2.45, 2.75) is 56.4 Å². The van der Waals surface area contributed by atoms with Gasteiger partial charge in [-0.3, -0.25) is 5.32 Å². The number of carbonyl (C=O) groups is 1. The molecule has 0 aliphatic carbocycles. The molecule has 36 heavy (non-hydrogen) atoms. The van der Waals surface area contributed by atoms with Gasteiger partial charge < -0.3 is 25.4 Å². The van der Waals surface area contributed by atoms with Crippen molar-refractivity contribution in [3.63, 3.8) is 0 Å². The molecule has 0 saturated carbocycles. The number of nitrogen functional groups attached to an aromatic ring is 1. The van der Waals surface area contributed by atoms with Crippen molar-refractivity contribution in [1.29, 1.82) is 0 Å². The molecule has 10 nitrogen and oxygen atoms in total. The van der Waals surface area contributed by atoms with Crippen LogP contribution in [0, 0.1) is 5.92 Å². The highest BCUT2D eigenvalue weighted by atomic mass is 32.2. The van der Waals surface area contributed by atoms with E-state index in [0.717, 1.165) is 4.31 Å². The summed E-state index contributed by atoms with van der Waals surface area (Å²) in [6, 6.07) is 11.4. The van der Waals surface area contributed by atoms with Gasteiger partial charge in [-0.25, -0.2) is 13.2 Å². The lowest BCUT2D eigenvalue weighted by Gasteiger charge is -2.41. The van der Waals surface area contributed by atoms with Crippen LogP contribution in [0.5, 0.6) is 5.75 Å². The number of aliphatic hydroxyl groups is 1. The third kappa shape index (κ3) is 6.67. The highest BCUT2D eigenvalue weighted by Crippen LogP contribution is 2.30. The Labute approximate surface area is 212 Å². The highest BCUT2D eigenvalue weighted by Gasteiger charge is 2.44. The first-order valence-electron chi connectivity index (χ1n) is 11.9. The SMILES string of the molecule is CC(C)CN(C(C)C(O)(Cc1ccccc1)NC(=O)OC1CCOC1)S(=O)(=O)c1ccc(O)c(N)c1. The lowest BCUT2D eigenvalue weighted by atomic mass is 9.95. The molecule has 3 unspecified atom stereocenters. The molecular formula is C25H35N3O7S. The first-order chi connectivity index (χ1) is 16.9. The normalized spacial score (nSPS) is 18.7. The Morgan fingerprint density at radius 3 is 2.53 bits per heavy atom. The topological polar surface area (TPSA) is 151 Å². The Kier molecular flexibility index (Phi) is 8.83. The third-order valence-corrected chi connectivity index (χ3v) is 8.00. The van der Waals surface area contributed by atoms with E-state index in [1.807, 2.05) is 19.9 Å². The maximum Gasteiger partial charge on any atom is 0.409 e. The van der Waals surface area contributed by atoms with E-state index in [1.54, 1.807) is 24.3 Å². The molecule has 1 amide bonds. The fraction of sp³-hybridized carbons (Fsp3) is 0.480. The Morgan fingerprint density at radius 2 is 1.94 bits per heavy atom. The van der Waals surface area contributed by atoms with Gasteiger partial charge in [0.25, 0.3) is 0 Å². The molecule has 2 aromatic rings. The Bertz CT molecular complexity index is 1140. The summed E-state index contributed by atoms with van der Waals surface area (Å²) < 4.78 is 39.3. The van der Waals surface area contributed by atoms with Gasteiger partial charge in [-0.05, 0) is 36.6 Å². The summed E-state index contributed by atoms with van der Waals surface area (Å²) in [5, 5.41) is 24.2. The number of benzene rings is 2. The van der Waals surface area contributed by atoms with Crippen LogP contribution in [0.15, 0.2) is 53.4 Å². The predicted octanol–water partition coefficient (Wildman–Crippen LogP) is 2.46. The van der Waals surface area contributed by atoms with Gasteiger partial charge in [-0.2, -0.15) is 4.31 Å². The van der Waals surface area contributed by atoms with Crippen molar-refractivity contribution in [3.8, 4) is 5.75 Å². The third-order valence-electron chi connectivity index (χ3n) is 6.07. The summed E-state index contributed by atoms with van der Waals surface area (Å²) in [4.78, 5) is 12.7. The number of alkyl carbamates (subject to hydrolysis) is 1. The van der Waals surface area contributed by atoms with Crippen LogP contribution >= 0.6 is 0 Å². The molecule has 0 spiro atoms. The highest BCUT2D eigenvalue weighted by molar-refractivity contribution is 7.89. The molecule has 2 aromatic carbocycles. The smallest absolute Gasteiger partial charge is 0.409 e. The molecular weight excluding hydrogens is 486 g/mol. The molecule has 0 radical (unpaired) electrons. The van der Waals surface area contributed by atoms with Gasteiger partial charge in [0.1, 0.15) is 11.9 Å². The number of nitrogens with two attached hydrogens (primary N) is 1. The van der Waals surface area contributed by atoms with E-state index in [2.05, 4.69) is 5.32 Å². The van der Waals surface area contributed by atoms with Crippen LogP contribution in [0.3, 0.4) is 0 Å². The number of hydrogen-bond acceptors (Lipinski definition) is 8. The van der Waals surface area contributed by atoms with Gasteiger partial charge in [-0.15, -0.1) is 0 Å². The lowest BCUT2D eigenvalue weighted by molar-refractivity contribution is -0.0490. The van der Waals surface area contributed by atoms with Crippen LogP contribution in [0.1, 0.15) is 32.8 Å². The van der Waals surface area contributed by atoms with Crippen molar-refractivity contribution in [3.05, 3.63) is 54.1 Å². The average Bonchev–Trinajstić information content (AvgIpc) is 3.31. The Hall–Kier alpha value is -2.86. The zero-order chi connectivity index (χ0) is 26.5. The second-order valence-electron chi connectivity index (χ2n) is 9.47. The minimum Gasteiger partial charge on any atom is -0.506 e. The fourth-order valence-electron chi connectivity index (χ4n) is 4.06. The number of carbonyl (C=O) groups excluding carboxylic acids is 1. The van der Waals surface area contributed by atoms with Crippen LogP contribution in [0.4, 0.5) is 10.5 Å². The van der Waals surface area contributed by atoms with Crippen molar-refractivity contribution >= 4 is 21.8 Å². The fourth-order valence-corrected chi connectivity index (χ4v) is 5.93. The molecule has 1 aliphatic heterocycles. The van der Waals surface area contributed by atoms with E-state index >= 15 is 0 Å². The van der Waals surface area contributed by atoms with E-state index in [1.165, 1.54) is 25.1 Å². The number of phenolic OH excluding ortho intramolecular Hbond substituents is 1. The van der Waals surface area contributed by atoms with Crippen LogP contribution in [0.2, 0.25) is 0 Å². The molecule has 0 bridgehead atoms. The van der Waals surface area contributed by atoms with E-state index in [0.29, 0.717) is 18.6 Å². The first-order valence-corrected chi connectivity index (χ1v) is 13.3. The molecule has 1 saturated heterocycles. The maximum atomic E-state index is 13.8. The van der Waals surface area contributed by atoms with Crippen LogP contribution in [0.25, 0.3) is 0 Å². The van der Waals surface area contributed by atoms with E-state index in [4.69, 9.17) is 15.2 Å². The molecule has 3 atom stereocenters. The summed E-state index contributed by atoms with van der Waals surface area (Å²) >= 11 is 0. The van der Waals surface area contributed by atoms with Gasteiger partial charge >= 0.3 is 6.09 Å². The largest absolute Gasteiger partial charge is 0.506 e. The van der Waals surface area contributed by atoms with Crippen LogP contribution in [-0.4, -0.2) is 66.7 Å². The molecule has 0 aromatic heterocycles. The molecule has 1 fully saturated rings. The number of hydrogen-bond donors (Lipinski definition) is 4. The van der Waals surface area contributed by atoms with E-state index < -0.39 is 34.0 Å². The van der Waals surface area contributed by atoms with Crippen LogP contribution < -0.4 is 11.1 Å². The summed E-state index contributed by atoms with van der Waals surface area (Å²) in [7, 11) is -4.20. The second kappa shape index (κ2) is 11.5. The second-order valence-corrected chi connectivity index (χ2v) is 11.4. The summed E-state index contributed by atoms with van der Waals surface area (Å²) in [6.45, 7) is 6.01. The number of phenols is 1. The summed E-state index contributed by atoms with van der Waals surface area (Å²) in [6.07, 6.45) is -0.855. The summed E-state index contributed by atoms with van der Waals surface area (Å²) in [5.41, 5.74) is 4.33. The lowest BCUT2D eigenvalue weighted by Crippen LogP contribution is -2.64. The Balaban J connectivity index is 1.99. The average molecular weight is 522 g/mol. The van der Waals surface area contributed by atoms with E-state index in [9.17, 15) is 23.4 Å².